The maximum Gasteiger partial charge on any atom is 0.165 e. The van der Waals surface area contributed by atoms with Gasteiger partial charge in [-0.3, -0.25) is 0 Å². The van der Waals surface area contributed by atoms with Crippen molar-refractivity contribution >= 4 is 22.6 Å². The maximum atomic E-state index is 14.0. The molecule has 2 nitrogen and oxygen atoms in total. The highest BCUT2D eigenvalue weighted by Gasteiger charge is 2.09. The minimum Gasteiger partial charge on any atom is -0.485 e. The molecule has 4 heteroatoms. The van der Waals surface area contributed by atoms with E-state index in [1.54, 1.807) is 6.07 Å². The third-order valence-corrected chi connectivity index (χ3v) is 3.81. The van der Waals surface area contributed by atoms with E-state index in [9.17, 15) is 4.39 Å². The molecule has 0 heterocycles. The van der Waals surface area contributed by atoms with Crippen molar-refractivity contribution in [3.63, 3.8) is 0 Å². The number of nitrogens with one attached hydrogen (secondary N) is 1. The molecular weight excluding hydrogens is 380 g/mol. The smallest absolute Gasteiger partial charge is 0.165 e. The van der Waals surface area contributed by atoms with Crippen LogP contribution in [-0.2, 0) is 13.2 Å². The highest BCUT2D eigenvalue weighted by atomic mass is 127. The van der Waals surface area contributed by atoms with Gasteiger partial charge >= 0.3 is 0 Å². The normalized spacial score (nSPS) is 10.6. The van der Waals surface area contributed by atoms with Crippen molar-refractivity contribution in [2.24, 2.45) is 0 Å². The minimum atomic E-state index is -0.309. The van der Waals surface area contributed by atoms with Crippen LogP contribution in [0.15, 0.2) is 42.5 Å². The van der Waals surface area contributed by atoms with E-state index in [1.807, 2.05) is 30.3 Å². The molecule has 0 radical (unpaired) electrons. The van der Waals surface area contributed by atoms with E-state index in [4.69, 9.17) is 4.74 Å². The van der Waals surface area contributed by atoms with Crippen molar-refractivity contribution in [3.8, 4) is 5.75 Å². The summed E-state index contributed by atoms with van der Waals surface area (Å²) in [5.74, 6) is 0.0379. The Bertz CT molecular complexity index is 572. The summed E-state index contributed by atoms with van der Waals surface area (Å²) in [6.07, 6.45) is 1.05. The average Bonchev–Trinajstić information content (AvgIpc) is 2.48. The van der Waals surface area contributed by atoms with Crippen molar-refractivity contribution in [1.82, 2.24) is 5.32 Å². The second kappa shape index (κ2) is 8.34. The maximum absolute atomic E-state index is 14.0. The minimum absolute atomic E-state index is 0.309. The summed E-state index contributed by atoms with van der Waals surface area (Å²) < 4.78 is 20.9. The Labute approximate surface area is 138 Å². The lowest BCUT2D eigenvalue weighted by Gasteiger charge is -2.13. The highest BCUT2D eigenvalue weighted by Crippen LogP contribution is 2.24. The van der Waals surface area contributed by atoms with E-state index in [-0.39, 0.29) is 5.82 Å². The Morgan fingerprint density at radius 1 is 1.14 bits per heavy atom. The van der Waals surface area contributed by atoms with Gasteiger partial charge in [-0.2, -0.15) is 0 Å². The van der Waals surface area contributed by atoms with Gasteiger partial charge in [0, 0.05) is 15.7 Å². The van der Waals surface area contributed by atoms with Crippen LogP contribution in [0.3, 0.4) is 0 Å². The largest absolute Gasteiger partial charge is 0.485 e. The molecule has 0 unspecified atom stereocenters. The van der Waals surface area contributed by atoms with Gasteiger partial charge in [0.25, 0.3) is 0 Å². The third-order valence-electron chi connectivity index (χ3n) is 3.09. The Morgan fingerprint density at radius 2 is 1.90 bits per heavy atom. The van der Waals surface area contributed by atoms with Crippen LogP contribution in [0.4, 0.5) is 4.39 Å². The Hall–Kier alpha value is -1.14. The molecule has 0 aliphatic heterocycles. The summed E-state index contributed by atoms with van der Waals surface area (Å²) in [4.78, 5) is 0. The molecule has 2 rings (SSSR count). The van der Waals surface area contributed by atoms with Crippen molar-refractivity contribution in [1.29, 1.82) is 0 Å². The number of benzene rings is 2. The van der Waals surface area contributed by atoms with Crippen molar-refractivity contribution < 1.29 is 9.13 Å². The second-order valence-electron chi connectivity index (χ2n) is 4.82. The first kappa shape index (κ1) is 16.2. The Morgan fingerprint density at radius 3 is 2.62 bits per heavy atom. The molecule has 0 amide bonds. The third kappa shape index (κ3) is 4.97. The van der Waals surface area contributed by atoms with Crippen LogP contribution in [0.25, 0.3) is 0 Å². The van der Waals surface area contributed by atoms with Gasteiger partial charge in [-0.05, 0) is 59.3 Å². The van der Waals surface area contributed by atoms with Crippen molar-refractivity contribution in [3.05, 3.63) is 63.0 Å². The van der Waals surface area contributed by atoms with Gasteiger partial charge in [0.1, 0.15) is 6.61 Å². The predicted octanol–water partition coefficient (Wildman–Crippen LogP) is 4.51. The van der Waals surface area contributed by atoms with E-state index in [0.717, 1.165) is 24.1 Å². The summed E-state index contributed by atoms with van der Waals surface area (Å²) in [7, 11) is 0. The van der Waals surface area contributed by atoms with Crippen LogP contribution in [0.1, 0.15) is 24.5 Å². The van der Waals surface area contributed by atoms with E-state index in [2.05, 4.69) is 34.8 Å². The lowest BCUT2D eigenvalue weighted by Crippen LogP contribution is -2.15. The number of halogens is 2. The fourth-order valence-electron chi connectivity index (χ4n) is 1.99. The molecule has 0 spiro atoms. The molecule has 2 aromatic rings. The van der Waals surface area contributed by atoms with Crippen LogP contribution in [0, 0.1) is 9.39 Å². The number of ether oxygens (including phenoxy) is 1. The van der Waals surface area contributed by atoms with Crippen LogP contribution in [0.5, 0.6) is 5.75 Å². The molecule has 21 heavy (non-hydrogen) atoms. The molecule has 0 bridgehead atoms. The van der Waals surface area contributed by atoms with E-state index >= 15 is 0 Å². The van der Waals surface area contributed by atoms with Gasteiger partial charge in [-0.25, -0.2) is 4.39 Å². The average molecular weight is 399 g/mol. The molecule has 0 saturated heterocycles. The molecule has 0 aliphatic rings. The molecule has 0 aromatic heterocycles. The van der Waals surface area contributed by atoms with E-state index < -0.39 is 0 Å². The number of rotatable bonds is 7. The first-order valence-corrected chi connectivity index (χ1v) is 8.14. The number of hydrogen-bond acceptors (Lipinski definition) is 2. The summed E-state index contributed by atoms with van der Waals surface area (Å²) in [6, 6.07) is 13.1. The SMILES string of the molecule is CCCNCc1cccc(F)c1OCc1ccc(I)cc1. The van der Waals surface area contributed by atoms with Gasteiger partial charge in [0.05, 0.1) is 0 Å². The molecule has 2 aromatic carbocycles. The molecule has 0 saturated carbocycles. The lowest BCUT2D eigenvalue weighted by molar-refractivity contribution is 0.286. The first-order chi connectivity index (χ1) is 10.2. The van der Waals surface area contributed by atoms with Crippen molar-refractivity contribution in [2.45, 2.75) is 26.5 Å². The lowest BCUT2D eigenvalue weighted by atomic mass is 10.2. The zero-order valence-electron chi connectivity index (χ0n) is 12.0. The Balaban J connectivity index is 2.05. The molecule has 0 aliphatic carbocycles. The number of para-hydroxylation sites is 1. The predicted molar refractivity (Wildman–Crippen MR) is 91.9 cm³/mol. The fraction of sp³-hybridized carbons (Fsp3) is 0.294. The van der Waals surface area contributed by atoms with Gasteiger partial charge in [0.15, 0.2) is 11.6 Å². The van der Waals surface area contributed by atoms with E-state index in [0.29, 0.717) is 18.9 Å². The van der Waals surface area contributed by atoms with Crippen LogP contribution >= 0.6 is 22.6 Å². The summed E-state index contributed by atoms with van der Waals surface area (Å²) in [6.45, 7) is 4.01. The summed E-state index contributed by atoms with van der Waals surface area (Å²) in [5, 5.41) is 3.28. The van der Waals surface area contributed by atoms with Gasteiger partial charge in [-0.1, -0.05) is 31.2 Å². The quantitative estimate of drug-likeness (QED) is 0.547. The molecule has 112 valence electrons. The van der Waals surface area contributed by atoms with Gasteiger partial charge in [-0.15, -0.1) is 0 Å². The zero-order chi connectivity index (χ0) is 15.1. The zero-order valence-corrected chi connectivity index (χ0v) is 14.2. The molecule has 0 fully saturated rings. The van der Waals surface area contributed by atoms with Crippen LogP contribution in [0.2, 0.25) is 0 Å². The molecule has 0 atom stereocenters. The van der Waals surface area contributed by atoms with Crippen LogP contribution < -0.4 is 10.1 Å². The number of hydrogen-bond donors (Lipinski definition) is 1. The monoisotopic (exact) mass is 399 g/mol. The summed E-state index contributed by atoms with van der Waals surface area (Å²) in [5.41, 5.74) is 1.89. The van der Waals surface area contributed by atoms with Gasteiger partial charge in [0.2, 0.25) is 0 Å². The highest BCUT2D eigenvalue weighted by molar-refractivity contribution is 14.1. The topological polar surface area (TPSA) is 21.3 Å². The van der Waals surface area contributed by atoms with Crippen molar-refractivity contribution in [2.75, 3.05) is 6.54 Å². The molecule has 1 N–H and O–H groups in total. The standard InChI is InChI=1S/C17H19FINO/c1-2-10-20-11-14-4-3-5-16(18)17(14)21-12-13-6-8-15(19)9-7-13/h3-9,20H,2,10-12H2,1H3. The first-order valence-electron chi connectivity index (χ1n) is 7.06. The Kier molecular flexibility index (Phi) is 6.45. The van der Waals surface area contributed by atoms with Gasteiger partial charge < -0.3 is 10.1 Å². The van der Waals surface area contributed by atoms with Crippen LogP contribution in [-0.4, -0.2) is 6.54 Å². The fourth-order valence-corrected chi connectivity index (χ4v) is 2.35. The summed E-state index contributed by atoms with van der Waals surface area (Å²) >= 11 is 2.26. The molecular formula is C17H19FINO. The second-order valence-corrected chi connectivity index (χ2v) is 6.07. The van der Waals surface area contributed by atoms with E-state index in [1.165, 1.54) is 9.64 Å².